The SMILES string of the molecule is COc1ccccc1CNC(=O)Cc1cn(C(C)C)c2ccccc12. The summed E-state index contributed by atoms with van der Waals surface area (Å²) in [5.74, 6) is 0.803. The molecule has 0 unspecified atom stereocenters. The molecule has 1 aromatic heterocycles. The minimum atomic E-state index is 0.0116. The number of carbonyl (C=O) groups excluding carboxylic acids is 1. The molecule has 0 bridgehead atoms. The quantitative estimate of drug-likeness (QED) is 0.737. The highest BCUT2D eigenvalue weighted by atomic mass is 16.5. The molecule has 4 heteroatoms. The van der Waals surface area contributed by atoms with E-state index in [-0.39, 0.29) is 5.91 Å². The number of hydrogen-bond donors (Lipinski definition) is 1. The van der Waals surface area contributed by atoms with Gasteiger partial charge in [0.2, 0.25) is 5.91 Å². The average molecular weight is 336 g/mol. The second-order valence-electron chi connectivity index (χ2n) is 6.44. The van der Waals surface area contributed by atoms with Crippen LogP contribution in [0.5, 0.6) is 5.75 Å². The molecule has 1 amide bonds. The number of nitrogens with zero attached hydrogens (tertiary/aromatic N) is 1. The van der Waals surface area contributed by atoms with E-state index >= 15 is 0 Å². The van der Waals surface area contributed by atoms with Crippen molar-refractivity contribution in [3.63, 3.8) is 0 Å². The van der Waals surface area contributed by atoms with E-state index in [0.717, 1.165) is 22.3 Å². The fourth-order valence-corrected chi connectivity index (χ4v) is 3.12. The van der Waals surface area contributed by atoms with Crippen LogP contribution in [0.4, 0.5) is 0 Å². The van der Waals surface area contributed by atoms with Crippen molar-refractivity contribution in [2.75, 3.05) is 7.11 Å². The molecule has 0 fully saturated rings. The second kappa shape index (κ2) is 7.43. The maximum absolute atomic E-state index is 12.4. The predicted octanol–water partition coefficient (Wildman–Crippen LogP) is 4.09. The first-order chi connectivity index (χ1) is 12.1. The maximum atomic E-state index is 12.4. The van der Waals surface area contributed by atoms with Crippen LogP contribution in [0.1, 0.15) is 31.0 Å². The van der Waals surface area contributed by atoms with Gasteiger partial charge in [-0.05, 0) is 31.5 Å². The summed E-state index contributed by atoms with van der Waals surface area (Å²) in [4.78, 5) is 12.4. The first-order valence-electron chi connectivity index (χ1n) is 8.57. The van der Waals surface area contributed by atoms with Crippen LogP contribution >= 0.6 is 0 Å². The molecule has 1 heterocycles. The lowest BCUT2D eigenvalue weighted by Gasteiger charge is -2.09. The van der Waals surface area contributed by atoms with Crippen molar-refractivity contribution in [2.24, 2.45) is 0 Å². The fourth-order valence-electron chi connectivity index (χ4n) is 3.12. The molecule has 0 atom stereocenters. The number of benzene rings is 2. The molecular formula is C21H24N2O2. The van der Waals surface area contributed by atoms with Gasteiger partial charge in [0.15, 0.2) is 0 Å². The standard InChI is InChI=1S/C21H24N2O2/c1-15(2)23-14-17(18-9-5-6-10-19(18)23)12-21(24)22-13-16-8-4-7-11-20(16)25-3/h4-11,14-15H,12-13H2,1-3H3,(H,22,24). The van der Waals surface area contributed by atoms with Crippen molar-refractivity contribution < 1.29 is 9.53 Å². The molecule has 3 aromatic rings. The van der Waals surface area contributed by atoms with E-state index in [1.165, 1.54) is 5.52 Å². The zero-order valence-corrected chi connectivity index (χ0v) is 15.0. The molecule has 0 aliphatic rings. The van der Waals surface area contributed by atoms with Gasteiger partial charge in [-0.25, -0.2) is 0 Å². The van der Waals surface area contributed by atoms with E-state index in [9.17, 15) is 4.79 Å². The molecule has 2 aromatic carbocycles. The lowest BCUT2D eigenvalue weighted by molar-refractivity contribution is -0.120. The van der Waals surface area contributed by atoms with Gasteiger partial charge >= 0.3 is 0 Å². The zero-order valence-electron chi connectivity index (χ0n) is 15.0. The Morgan fingerprint density at radius 3 is 2.56 bits per heavy atom. The summed E-state index contributed by atoms with van der Waals surface area (Å²) in [5, 5.41) is 4.14. The molecule has 130 valence electrons. The van der Waals surface area contributed by atoms with Crippen LogP contribution in [0.25, 0.3) is 10.9 Å². The normalized spacial score (nSPS) is 11.0. The first-order valence-corrected chi connectivity index (χ1v) is 8.57. The number of amides is 1. The number of aromatic nitrogens is 1. The van der Waals surface area contributed by atoms with E-state index in [1.807, 2.05) is 36.4 Å². The Kier molecular flexibility index (Phi) is 5.08. The Morgan fingerprint density at radius 1 is 1.08 bits per heavy atom. The predicted molar refractivity (Wildman–Crippen MR) is 101 cm³/mol. The largest absolute Gasteiger partial charge is 0.496 e. The first kappa shape index (κ1) is 17.1. The van der Waals surface area contributed by atoms with Crippen LogP contribution in [0.2, 0.25) is 0 Å². The third-order valence-electron chi connectivity index (χ3n) is 4.40. The van der Waals surface area contributed by atoms with Gasteiger partial charge in [-0.1, -0.05) is 36.4 Å². The highest BCUT2D eigenvalue weighted by Crippen LogP contribution is 2.25. The van der Waals surface area contributed by atoms with Gasteiger partial charge in [-0.15, -0.1) is 0 Å². The number of rotatable bonds is 6. The van der Waals surface area contributed by atoms with Gasteiger partial charge in [0.05, 0.1) is 13.5 Å². The third kappa shape index (κ3) is 3.68. The fraction of sp³-hybridized carbons (Fsp3) is 0.286. The summed E-state index contributed by atoms with van der Waals surface area (Å²) in [7, 11) is 1.64. The molecular weight excluding hydrogens is 312 g/mol. The highest BCUT2D eigenvalue weighted by Gasteiger charge is 2.13. The summed E-state index contributed by atoms with van der Waals surface area (Å²) < 4.78 is 7.55. The number of fused-ring (bicyclic) bond motifs is 1. The van der Waals surface area contributed by atoms with Crippen molar-refractivity contribution in [1.29, 1.82) is 0 Å². The average Bonchev–Trinajstić information content (AvgIpc) is 2.99. The van der Waals surface area contributed by atoms with Crippen molar-refractivity contribution >= 4 is 16.8 Å². The van der Waals surface area contributed by atoms with Crippen LogP contribution in [0, 0.1) is 0 Å². The molecule has 25 heavy (non-hydrogen) atoms. The second-order valence-corrected chi connectivity index (χ2v) is 6.44. The Morgan fingerprint density at radius 2 is 1.80 bits per heavy atom. The molecule has 1 N–H and O–H groups in total. The Bertz CT molecular complexity index is 880. The summed E-state index contributed by atoms with van der Waals surface area (Å²) >= 11 is 0. The lowest BCUT2D eigenvalue weighted by Crippen LogP contribution is -2.24. The van der Waals surface area contributed by atoms with Crippen LogP contribution in [0.3, 0.4) is 0 Å². The van der Waals surface area contributed by atoms with Crippen LogP contribution in [-0.2, 0) is 17.8 Å². The number of ether oxygens (including phenoxy) is 1. The van der Waals surface area contributed by atoms with E-state index < -0.39 is 0 Å². The van der Waals surface area contributed by atoms with Crippen molar-refractivity contribution in [2.45, 2.75) is 32.9 Å². The number of hydrogen-bond acceptors (Lipinski definition) is 2. The van der Waals surface area contributed by atoms with Crippen molar-refractivity contribution in [1.82, 2.24) is 9.88 Å². The topological polar surface area (TPSA) is 43.3 Å². The van der Waals surface area contributed by atoms with Crippen LogP contribution in [-0.4, -0.2) is 17.6 Å². The minimum Gasteiger partial charge on any atom is -0.496 e. The monoisotopic (exact) mass is 336 g/mol. The molecule has 0 saturated carbocycles. The van der Waals surface area contributed by atoms with E-state index in [0.29, 0.717) is 19.0 Å². The Balaban J connectivity index is 1.74. The van der Waals surface area contributed by atoms with Gasteiger partial charge < -0.3 is 14.6 Å². The summed E-state index contributed by atoms with van der Waals surface area (Å²) in [5.41, 5.74) is 3.20. The van der Waals surface area contributed by atoms with Gasteiger partial charge in [0.25, 0.3) is 0 Å². The van der Waals surface area contributed by atoms with E-state index in [2.05, 4.69) is 42.1 Å². The third-order valence-corrected chi connectivity index (χ3v) is 4.40. The zero-order chi connectivity index (χ0) is 17.8. The van der Waals surface area contributed by atoms with Gasteiger partial charge in [0, 0.05) is 35.2 Å². The van der Waals surface area contributed by atoms with Gasteiger partial charge in [-0.2, -0.15) is 0 Å². The van der Waals surface area contributed by atoms with E-state index in [1.54, 1.807) is 7.11 Å². The molecule has 0 aliphatic heterocycles. The Labute approximate surface area is 148 Å². The highest BCUT2D eigenvalue weighted by molar-refractivity contribution is 5.89. The van der Waals surface area contributed by atoms with E-state index in [4.69, 9.17) is 4.74 Å². The summed E-state index contributed by atoms with van der Waals surface area (Å²) in [6.45, 7) is 4.77. The number of para-hydroxylation sites is 2. The molecule has 4 nitrogen and oxygen atoms in total. The molecule has 3 rings (SSSR count). The Hall–Kier alpha value is -2.75. The van der Waals surface area contributed by atoms with Crippen molar-refractivity contribution in [3.8, 4) is 5.75 Å². The molecule has 0 spiro atoms. The number of nitrogens with one attached hydrogen (secondary N) is 1. The van der Waals surface area contributed by atoms with Gasteiger partial charge in [-0.3, -0.25) is 4.79 Å². The molecule has 0 radical (unpaired) electrons. The minimum absolute atomic E-state index is 0.0116. The summed E-state index contributed by atoms with van der Waals surface area (Å²) in [6, 6.07) is 16.3. The molecule has 0 aliphatic carbocycles. The number of carbonyl (C=O) groups is 1. The van der Waals surface area contributed by atoms with Crippen molar-refractivity contribution in [3.05, 3.63) is 65.9 Å². The smallest absolute Gasteiger partial charge is 0.224 e. The number of methoxy groups -OCH3 is 1. The van der Waals surface area contributed by atoms with Gasteiger partial charge in [0.1, 0.15) is 5.75 Å². The van der Waals surface area contributed by atoms with Crippen LogP contribution in [0.15, 0.2) is 54.7 Å². The lowest BCUT2D eigenvalue weighted by atomic mass is 10.1. The summed E-state index contributed by atoms with van der Waals surface area (Å²) in [6.07, 6.45) is 2.47. The molecule has 0 saturated heterocycles. The maximum Gasteiger partial charge on any atom is 0.224 e. The van der Waals surface area contributed by atoms with Crippen LogP contribution < -0.4 is 10.1 Å².